The van der Waals surface area contributed by atoms with Gasteiger partial charge in [0.2, 0.25) is 5.76 Å². The van der Waals surface area contributed by atoms with E-state index in [1.54, 1.807) is 37.3 Å². The third-order valence-corrected chi connectivity index (χ3v) is 4.13. The van der Waals surface area contributed by atoms with E-state index in [4.69, 9.17) is 13.6 Å². The number of para-hydroxylation sites is 1. The van der Waals surface area contributed by atoms with Crippen molar-refractivity contribution in [3.05, 3.63) is 76.3 Å². The highest BCUT2D eigenvalue weighted by Gasteiger charge is 2.16. The molecular weight excluding hydrogens is 362 g/mol. The van der Waals surface area contributed by atoms with Crippen LogP contribution in [0.3, 0.4) is 0 Å². The number of hydrogen-bond acceptors (Lipinski definition) is 6. The maximum atomic E-state index is 12.3. The van der Waals surface area contributed by atoms with Gasteiger partial charge in [-0.1, -0.05) is 18.2 Å². The molecule has 0 bridgehead atoms. The number of esters is 1. The first-order valence-corrected chi connectivity index (χ1v) is 8.62. The van der Waals surface area contributed by atoms with Crippen LogP contribution < -0.4 is 15.7 Å². The maximum Gasteiger partial charge on any atom is 0.379 e. The molecule has 28 heavy (non-hydrogen) atoms. The van der Waals surface area contributed by atoms with Gasteiger partial charge in [0, 0.05) is 23.4 Å². The maximum absolute atomic E-state index is 12.3. The lowest BCUT2D eigenvalue weighted by molar-refractivity contribution is 0.0704. The van der Waals surface area contributed by atoms with E-state index in [2.05, 4.69) is 5.32 Å². The molecular formula is C21H15NO6. The molecule has 4 rings (SSSR count). The van der Waals surface area contributed by atoms with Crippen molar-refractivity contribution in [2.75, 3.05) is 6.54 Å². The molecule has 1 amide bonds. The van der Waals surface area contributed by atoms with Crippen molar-refractivity contribution in [3.8, 4) is 5.75 Å². The molecule has 7 heteroatoms. The molecule has 140 valence electrons. The van der Waals surface area contributed by atoms with Crippen LogP contribution in [-0.4, -0.2) is 18.4 Å². The van der Waals surface area contributed by atoms with Gasteiger partial charge in [-0.3, -0.25) is 4.79 Å². The van der Waals surface area contributed by atoms with Crippen molar-refractivity contribution >= 4 is 33.8 Å². The second-order valence-electron chi connectivity index (χ2n) is 6.04. The fourth-order valence-corrected chi connectivity index (χ4v) is 2.81. The zero-order valence-corrected chi connectivity index (χ0v) is 14.9. The summed E-state index contributed by atoms with van der Waals surface area (Å²) >= 11 is 0. The van der Waals surface area contributed by atoms with Gasteiger partial charge in [0.1, 0.15) is 22.5 Å². The van der Waals surface area contributed by atoms with Gasteiger partial charge in [0.15, 0.2) is 0 Å². The van der Waals surface area contributed by atoms with Crippen LogP contribution in [0.1, 0.15) is 27.8 Å². The van der Waals surface area contributed by atoms with Crippen LogP contribution in [0.4, 0.5) is 0 Å². The standard InChI is InChI=1S/C21H15NO6/c1-2-22-19(23)15-9-13-7-8-14(11-17(13)28-20(15)24)26-21(25)18-10-12-5-3-4-6-16(12)27-18/h3-11H,2H2,1H3,(H,22,23). The molecule has 1 N–H and O–H groups in total. The lowest BCUT2D eigenvalue weighted by atomic mass is 10.1. The molecule has 0 saturated heterocycles. The van der Waals surface area contributed by atoms with Gasteiger partial charge in [-0.25, -0.2) is 9.59 Å². The smallest absolute Gasteiger partial charge is 0.379 e. The summed E-state index contributed by atoms with van der Waals surface area (Å²) in [6.07, 6.45) is 0. The summed E-state index contributed by atoms with van der Waals surface area (Å²) in [5.74, 6) is -0.920. The van der Waals surface area contributed by atoms with E-state index >= 15 is 0 Å². The Labute approximate surface area is 158 Å². The second kappa shape index (κ2) is 7.03. The molecule has 2 aromatic carbocycles. The summed E-state index contributed by atoms with van der Waals surface area (Å²) in [5, 5.41) is 3.88. The highest BCUT2D eigenvalue weighted by atomic mass is 16.5. The zero-order valence-electron chi connectivity index (χ0n) is 14.9. The highest BCUT2D eigenvalue weighted by Crippen LogP contribution is 2.23. The molecule has 0 fully saturated rings. The van der Waals surface area contributed by atoms with Crippen molar-refractivity contribution in [1.82, 2.24) is 5.32 Å². The van der Waals surface area contributed by atoms with Crippen molar-refractivity contribution < 1.29 is 23.2 Å². The first kappa shape index (κ1) is 17.5. The van der Waals surface area contributed by atoms with Gasteiger partial charge in [-0.15, -0.1) is 0 Å². The summed E-state index contributed by atoms with van der Waals surface area (Å²) < 4.78 is 16.0. The van der Waals surface area contributed by atoms with Crippen LogP contribution >= 0.6 is 0 Å². The molecule has 0 radical (unpaired) electrons. The van der Waals surface area contributed by atoms with Crippen LogP contribution in [0.25, 0.3) is 21.9 Å². The molecule has 7 nitrogen and oxygen atoms in total. The summed E-state index contributed by atoms with van der Waals surface area (Å²) in [6.45, 7) is 2.15. The Morgan fingerprint density at radius 2 is 1.75 bits per heavy atom. The fraction of sp³-hybridized carbons (Fsp3) is 0.0952. The summed E-state index contributed by atoms with van der Waals surface area (Å²) in [4.78, 5) is 36.3. The number of nitrogens with one attached hydrogen (secondary N) is 1. The summed E-state index contributed by atoms with van der Waals surface area (Å²) in [5.41, 5.74) is -0.0645. The number of ether oxygens (including phenoxy) is 1. The second-order valence-corrected chi connectivity index (χ2v) is 6.04. The minimum atomic E-state index is -0.765. The molecule has 2 aromatic heterocycles. The van der Waals surface area contributed by atoms with Gasteiger partial charge in [-0.2, -0.15) is 0 Å². The van der Waals surface area contributed by atoms with Gasteiger partial charge in [0.05, 0.1) is 0 Å². The lowest BCUT2D eigenvalue weighted by Gasteiger charge is -2.05. The molecule has 0 spiro atoms. The third kappa shape index (κ3) is 3.25. The van der Waals surface area contributed by atoms with Crippen molar-refractivity contribution in [2.45, 2.75) is 6.92 Å². The van der Waals surface area contributed by atoms with Crippen LogP contribution in [0.2, 0.25) is 0 Å². The Morgan fingerprint density at radius 1 is 0.964 bits per heavy atom. The SMILES string of the molecule is CCNC(=O)c1cc2ccc(OC(=O)c3cc4ccccc4o3)cc2oc1=O. The van der Waals surface area contributed by atoms with E-state index in [-0.39, 0.29) is 22.7 Å². The molecule has 4 aromatic rings. The van der Waals surface area contributed by atoms with E-state index in [0.29, 0.717) is 17.5 Å². The Hall–Kier alpha value is -3.87. The Balaban J connectivity index is 1.62. The molecule has 0 atom stereocenters. The van der Waals surface area contributed by atoms with E-state index in [9.17, 15) is 14.4 Å². The first-order chi connectivity index (χ1) is 13.5. The number of hydrogen-bond donors (Lipinski definition) is 1. The number of fused-ring (bicyclic) bond motifs is 2. The Kier molecular flexibility index (Phi) is 4.41. The first-order valence-electron chi connectivity index (χ1n) is 8.62. The molecule has 0 aliphatic heterocycles. The number of amides is 1. The van der Waals surface area contributed by atoms with Crippen LogP contribution in [-0.2, 0) is 0 Å². The summed E-state index contributed by atoms with van der Waals surface area (Å²) in [7, 11) is 0. The van der Waals surface area contributed by atoms with Crippen molar-refractivity contribution in [3.63, 3.8) is 0 Å². The average molecular weight is 377 g/mol. The minimum Gasteiger partial charge on any atom is -0.449 e. The quantitative estimate of drug-likeness (QED) is 0.332. The minimum absolute atomic E-state index is 0.0642. The van der Waals surface area contributed by atoms with E-state index in [1.165, 1.54) is 12.1 Å². The molecule has 0 aliphatic carbocycles. The highest BCUT2D eigenvalue weighted by molar-refractivity contribution is 5.97. The van der Waals surface area contributed by atoms with E-state index < -0.39 is 17.5 Å². The van der Waals surface area contributed by atoms with Gasteiger partial charge in [0.25, 0.3) is 5.91 Å². The normalized spacial score (nSPS) is 10.9. The van der Waals surface area contributed by atoms with Crippen molar-refractivity contribution in [2.24, 2.45) is 0 Å². The third-order valence-electron chi connectivity index (χ3n) is 4.13. The predicted molar refractivity (Wildman–Crippen MR) is 102 cm³/mol. The van der Waals surface area contributed by atoms with Gasteiger partial charge in [-0.05, 0) is 37.3 Å². The van der Waals surface area contributed by atoms with Crippen LogP contribution in [0.5, 0.6) is 5.75 Å². The molecule has 0 unspecified atom stereocenters. The van der Waals surface area contributed by atoms with E-state index in [0.717, 1.165) is 5.39 Å². The van der Waals surface area contributed by atoms with E-state index in [1.807, 2.05) is 12.1 Å². The lowest BCUT2D eigenvalue weighted by Crippen LogP contribution is -2.27. The number of benzene rings is 2. The number of rotatable bonds is 4. The molecule has 0 saturated carbocycles. The average Bonchev–Trinajstić information content (AvgIpc) is 3.12. The molecule has 2 heterocycles. The van der Waals surface area contributed by atoms with Gasteiger partial charge < -0.3 is 18.9 Å². The number of carbonyl (C=O) groups is 2. The fourth-order valence-electron chi connectivity index (χ4n) is 2.81. The predicted octanol–water partition coefficient (Wildman–Crippen LogP) is 3.51. The number of carbonyl (C=O) groups excluding carboxylic acids is 2. The van der Waals surface area contributed by atoms with Crippen LogP contribution in [0, 0.1) is 0 Å². The Bertz CT molecular complexity index is 1230. The topological polar surface area (TPSA) is 98.8 Å². The largest absolute Gasteiger partial charge is 0.449 e. The monoisotopic (exact) mass is 377 g/mol. The molecule has 0 aliphatic rings. The number of furan rings is 1. The Morgan fingerprint density at radius 3 is 2.54 bits per heavy atom. The van der Waals surface area contributed by atoms with Gasteiger partial charge >= 0.3 is 11.6 Å². The summed E-state index contributed by atoms with van der Waals surface area (Å²) in [6, 6.07) is 14.8. The van der Waals surface area contributed by atoms with Crippen LogP contribution in [0.15, 0.2) is 68.2 Å². The van der Waals surface area contributed by atoms with Crippen molar-refractivity contribution in [1.29, 1.82) is 0 Å². The zero-order chi connectivity index (χ0) is 19.7.